The molecule has 96 valence electrons. The Morgan fingerprint density at radius 3 is 2.88 bits per heavy atom. The van der Waals surface area contributed by atoms with Crippen molar-refractivity contribution in [2.45, 2.75) is 32.9 Å². The van der Waals surface area contributed by atoms with Crippen molar-refractivity contribution in [3.63, 3.8) is 0 Å². The molecule has 2 N–H and O–H groups in total. The third-order valence-electron chi connectivity index (χ3n) is 2.16. The summed E-state index contributed by atoms with van der Waals surface area (Å²) < 4.78 is 10.4. The van der Waals surface area contributed by atoms with E-state index in [0.29, 0.717) is 25.5 Å². The molecule has 1 rings (SSSR count). The minimum absolute atomic E-state index is 0.0779. The molecule has 0 aliphatic heterocycles. The number of nitrogens with one attached hydrogen (secondary N) is 1. The summed E-state index contributed by atoms with van der Waals surface area (Å²) in [5.74, 6) is -0.593. The summed E-state index contributed by atoms with van der Waals surface area (Å²) in [6.07, 6.45) is 0. The van der Waals surface area contributed by atoms with Gasteiger partial charge in [0.2, 0.25) is 0 Å². The van der Waals surface area contributed by atoms with Gasteiger partial charge in [-0.25, -0.2) is 4.79 Å². The van der Waals surface area contributed by atoms with Crippen molar-refractivity contribution >= 4 is 5.97 Å². The molecule has 6 heteroatoms. The molecule has 0 atom stereocenters. The molecule has 0 fully saturated rings. The highest BCUT2D eigenvalue weighted by Gasteiger charge is 2.17. The standard InChI is InChI=1S/C11H18N2O4/c1-4-16-11(2,3)7-12-6-8-5-9(10(14)15)13-17-8/h5,12H,4,6-7H2,1-3H3,(H,14,15). The van der Waals surface area contributed by atoms with Crippen LogP contribution >= 0.6 is 0 Å². The predicted molar refractivity (Wildman–Crippen MR) is 60.9 cm³/mol. The van der Waals surface area contributed by atoms with E-state index in [9.17, 15) is 4.79 Å². The summed E-state index contributed by atoms with van der Waals surface area (Å²) in [6, 6.07) is 1.41. The topological polar surface area (TPSA) is 84.6 Å². The summed E-state index contributed by atoms with van der Waals surface area (Å²) in [6.45, 7) is 7.62. The maximum Gasteiger partial charge on any atom is 0.358 e. The van der Waals surface area contributed by atoms with E-state index in [1.165, 1.54) is 6.07 Å². The zero-order valence-corrected chi connectivity index (χ0v) is 10.3. The summed E-state index contributed by atoms with van der Waals surface area (Å²) in [5, 5.41) is 15.2. The first-order valence-corrected chi connectivity index (χ1v) is 5.48. The Kier molecular flexibility index (Phi) is 4.65. The molecular weight excluding hydrogens is 224 g/mol. The maximum atomic E-state index is 10.6. The molecule has 6 nitrogen and oxygen atoms in total. The van der Waals surface area contributed by atoms with Crippen LogP contribution < -0.4 is 5.32 Å². The number of carboxylic acids is 1. The van der Waals surface area contributed by atoms with Gasteiger partial charge in [-0.15, -0.1) is 0 Å². The first-order chi connectivity index (χ1) is 7.94. The lowest BCUT2D eigenvalue weighted by Crippen LogP contribution is -2.37. The van der Waals surface area contributed by atoms with E-state index in [1.807, 2.05) is 20.8 Å². The van der Waals surface area contributed by atoms with Gasteiger partial charge in [0.15, 0.2) is 11.5 Å². The van der Waals surface area contributed by atoms with E-state index in [2.05, 4.69) is 10.5 Å². The molecule has 1 aromatic rings. The predicted octanol–water partition coefficient (Wildman–Crippen LogP) is 1.28. The Labute approximate surface area is 99.9 Å². The fraction of sp³-hybridized carbons (Fsp3) is 0.636. The first kappa shape index (κ1) is 13.7. The minimum atomic E-state index is -1.09. The van der Waals surface area contributed by atoms with Gasteiger partial charge in [0.25, 0.3) is 0 Å². The van der Waals surface area contributed by atoms with Crippen molar-refractivity contribution in [1.82, 2.24) is 10.5 Å². The van der Waals surface area contributed by atoms with Gasteiger partial charge in [-0.3, -0.25) is 0 Å². The molecule has 17 heavy (non-hydrogen) atoms. The van der Waals surface area contributed by atoms with Crippen molar-refractivity contribution in [3.8, 4) is 0 Å². The molecule has 0 unspecified atom stereocenters. The number of nitrogens with zero attached hydrogens (tertiary/aromatic N) is 1. The van der Waals surface area contributed by atoms with E-state index >= 15 is 0 Å². The number of carboxylic acid groups (broad SMARTS) is 1. The zero-order chi connectivity index (χ0) is 12.9. The Balaban J connectivity index is 2.38. The average molecular weight is 242 g/mol. The molecule has 0 radical (unpaired) electrons. The molecular formula is C11H18N2O4. The second-order valence-electron chi connectivity index (χ2n) is 4.28. The molecule has 0 aliphatic carbocycles. The van der Waals surface area contributed by atoms with E-state index in [4.69, 9.17) is 14.4 Å². The smallest absolute Gasteiger partial charge is 0.358 e. The Morgan fingerprint density at radius 1 is 1.65 bits per heavy atom. The van der Waals surface area contributed by atoms with E-state index in [1.54, 1.807) is 0 Å². The average Bonchev–Trinajstić information content (AvgIpc) is 2.66. The fourth-order valence-corrected chi connectivity index (χ4v) is 1.43. The lowest BCUT2D eigenvalue weighted by molar-refractivity contribution is -0.00926. The Bertz CT molecular complexity index is 373. The van der Waals surface area contributed by atoms with Gasteiger partial charge in [-0.1, -0.05) is 5.16 Å². The van der Waals surface area contributed by atoms with Crippen molar-refractivity contribution in [2.24, 2.45) is 0 Å². The van der Waals surface area contributed by atoms with Gasteiger partial charge >= 0.3 is 5.97 Å². The maximum absolute atomic E-state index is 10.6. The number of rotatable bonds is 7. The van der Waals surface area contributed by atoms with Crippen LogP contribution in [-0.2, 0) is 11.3 Å². The van der Waals surface area contributed by atoms with Crippen molar-refractivity contribution < 1.29 is 19.2 Å². The fourth-order valence-electron chi connectivity index (χ4n) is 1.43. The van der Waals surface area contributed by atoms with E-state index in [-0.39, 0.29) is 11.3 Å². The van der Waals surface area contributed by atoms with E-state index < -0.39 is 5.97 Å². The summed E-state index contributed by atoms with van der Waals surface area (Å²) in [4.78, 5) is 10.6. The van der Waals surface area contributed by atoms with Crippen LogP contribution in [0.2, 0.25) is 0 Å². The quantitative estimate of drug-likeness (QED) is 0.749. The van der Waals surface area contributed by atoms with Crippen LogP contribution in [0, 0.1) is 0 Å². The minimum Gasteiger partial charge on any atom is -0.476 e. The lowest BCUT2D eigenvalue weighted by Gasteiger charge is -2.24. The van der Waals surface area contributed by atoms with E-state index in [0.717, 1.165) is 0 Å². The van der Waals surface area contributed by atoms with Gasteiger partial charge in [-0.2, -0.15) is 0 Å². The van der Waals surface area contributed by atoms with Gasteiger partial charge in [0, 0.05) is 19.2 Å². The highest BCUT2D eigenvalue weighted by atomic mass is 16.5. The van der Waals surface area contributed by atoms with Crippen LogP contribution in [0.3, 0.4) is 0 Å². The molecule has 0 spiro atoms. The second kappa shape index (κ2) is 5.79. The van der Waals surface area contributed by atoms with Gasteiger partial charge in [0.1, 0.15) is 0 Å². The summed E-state index contributed by atoms with van der Waals surface area (Å²) in [5.41, 5.74) is -0.337. The van der Waals surface area contributed by atoms with Crippen LogP contribution in [0.25, 0.3) is 0 Å². The zero-order valence-electron chi connectivity index (χ0n) is 10.3. The SMILES string of the molecule is CCOC(C)(C)CNCc1cc(C(=O)O)no1. The highest BCUT2D eigenvalue weighted by Crippen LogP contribution is 2.08. The molecule has 0 saturated carbocycles. The number of ether oxygens (including phenoxy) is 1. The van der Waals surface area contributed by atoms with Crippen molar-refractivity contribution in [1.29, 1.82) is 0 Å². The van der Waals surface area contributed by atoms with Crippen LogP contribution in [0.5, 0.6) is 0 Å². The summed E-state index contributed by atoms with van der Waals surface area (Å²) >= 11 is 0. The number of aromatic carboxylic acids is 1. The normalized spacial score (nSPS) is 11.7. The van der Waals surface area contributed by atoms with Gasteiger partial charge < -0.3 is 19.7 Å². The van der Waals surface area contributed by atoms with Crippen LogP contribution in [0.4, 0.5) is 0 Å². The first-order valence-electron chi connectivity index (χ1n) is 5.48. The number of hydrogen-bond donors (Lipinski definition) is 2. The van der Waals surface area contributed by atoms with Crippen LogP contribution in [0.15, 0.2) is 10.6 Å². The molecule has 1 heterocycles. The molecule has 0 aliphatic rings. The summed E-state index contributed by atoms with van der Waals surface area (Å²) in [7, 11) is 0. The third-order valence-corrected chi connectivity index (χ3v) is 2.16. The van der Waals surface area contributed by atoms with Crippen LogP contribution in [0.1, 0.15) is 37.0 Å². The molecule has 0 aromatic carbocycles. The van der Waals surface area contributed by atoms with Crippen molar-refractivity contribution in [2.75, 3.05) is 13.2 Å². The van der Waals surface area contributed by atoms with Gasteiger partial charge in [-0.05, 0) is 20.8 Å². The number of aromatic nitrogens is 1. The number of hydrogen-bond acceptors (Lipinski definition) is 5. The third kappa shape index (κ3) is 4.54. The highest BCUT2D eigenvalue weighted by molar-refractivity contribution is 5.85. The molecule has 0 saturated heterocycles. The van der Waals surface area contributed by atoms with Crippen LogP contribution in [-0.4, -0.2) is 35.0 Å². The number of carbonyl (C=O) groups is 1. The van der Waals surface area contributed by atoms with Gasteiger partial charge in [0.05, 0.1) is 12.1 Å². The largest absolute Gasteiger partial charge is 0.476 e. The molecule has 0 amide bonds. The van der Waals surface area contributed by atoms with Crippen molar-refractivity contribution in [3.05, 3.63) is 17.5 Å². The molecule has 0 bridgehead atoms. The molecule has 1 aromatic heterocycles. The monoisotopic (exact) mass is 242 g/mol. The Morgan fingerprint density at radius 2 is 2.35 bits per heavy atom. The second-order valence-corrected chi connectivity index (χ2v) is 4.28. The Hall–Kier alpha value is -1.40. The lowest BCUT2D eigenvalue weighted by atomic mass is 10.1.